The summed E-state index contributed by atoms with van der Waals surface area (Å²) in [5.74, 6) is 0.755. The molecule has 2 aromatic rings. The Hall–Kier alpha value is -1.57. The molecule has 0 amide bonds. The van der Waals surface area contributed by atoms with E-state index in [2.05, 4.69) is 6.07 Å². The number of rotatable bonds is 4. The highest BCUT2D eigenvalue weighted by atomic mass is 19.1. The molecule has 2 rings (SSSR count). The van der Waals surface area contributed by atoms with E-state index in [-0.39, 0.29) is 12.6 Å². The smallest absolute Gasteiger partial charge is 0.119 e. The SMILES string of the molecule is CC(CF)COc1ccc2ccccc2c1. The van der Waals surface area contributed by atoms with Crippen molar-refractivity contribution in [2.45, 2.75) is 6.92 Å². The van der Waals surface area contributed by atoms with Crippen molar-refractivity contribution in [1.29, 1.82) is 0 Å². The van der Waals surface area contributed by atoms with Crippen molar-refractivity contribution < 1.29 is 9.13 Å². The number of benzene rings is 2. The first kappa shape index (κ1) is 10.9. The van der Waals surface area contributed by atoms with Gasteiger partial charge in [0, 0.05) is 5.92 Å². The Balaban J connectivity index is 2.13. The lowest BCUT2D eigenvalue weighted by Crippen LogP contribution is -2.09. The molecule has 0 aliphatic heterocycles. The van der Waals surface area contributed by atoms with Gasteiger partial charge in [0.15, 0.2) is 0 Å². The number of hydrogen-bond donors (Lipinski definition) is 0. The van der Waals surface area contributed by atoms with Gasteiger partial charge in [-0.2, -0.15) is 0 Å². The Morgan fingerprint density at radius 2 is 1.88 bits per heavy atom. The van der Waals surface area contributed by atoms with Gasteiger partial charge in [-0.3, -0.25) is 4.39 Å². The average molecular weight is 218 g/mol. The molecular formula is C14H15FO. The number of ether oxygens (including phenoxy) is 1. The predicted octanol–water partition coefficient (Wildman–Crippen LogP) is 3.82. The molecule has 0 radical (unpaired) electrons. The molecule has 0 spiro atoms. The molecule has 0 heterocycles. The monoisotopic (exact) mass is 218 g/mol. The summed E-state index contributed by atoms with van der Waals surface area (Å²) in [5, 5.41) is 2.33. The first-order valence-electron chi connectivity index (χ1n) is 5.47. The van der Waals surface area contributed by atoms with Crippen molar-refractivity contribution in [3.8, 4) is 5.75 Å². The maximum Gasteiger partial charge on any atom is 0.119 e. The van der Waals surface area contributed by atoms with Crippen LogP contribution in [-0.4, -0.2) is 13.3 Å². The minimum Gasteiger partial charge on any atom is -0.493 e. The molecule has 0 aromatic heterocycles. The van der Waals surface area contributed by atoms with E-state index >= 15 is 0 Å². The molecule has 1 nitrogen and oxygen atoms in total. The molecule has 0 bridgehead atoms. The van der Waals surface area contributed by atoms with Gasteiger partial charge in [0.05, 0.1) is 13.3 Å². The second-order valence-electron chi connectivity index (χ2n) is 4.08. The maximum atomic E-state index is 12.3. The minimum absolute atomic E-state index is 0.0496. The van der Waals surface area contributed by atoms with Gasteiger partial charge in [0.1, 0.15) is 5.75 Å². The third kappa shape index (κ3) is 2.51. The third-order valence-electron chi connectivity index (χ3n) is 2.52. The van der Waals surface area contributed by atoms with Gasteiger partial charge in [0.2, 0.25) is 0 Å². The fourth-order valence-corrected chi connectivity index (χ4v) is 1.54. The van der Waals surface area contributed by atoms with Gasteiger partial charge in [-0.25, -0.2) is 0 Å². The highest BCUT2D eigenvalue weighted by Gasteiger charge is 2.02. The van der Waals surface area contributed by atoms with E-state index in [1.54, 1.807) is 0 Å². The second kappa shape index (κ2) is 4.97. The van der Waals surface area contributed by atoms with E-state index in [0.717, 1.165) is 11.1 Å². The standard InChI is InChI=1S/C14H15FO/c1-11(9-15)10-16-14-7-6-12-4-2-3-5-13(12)8-14/h2-8,11H,9-10H2,1H3. The summed E-state index contributed by atoms with van der Waals surface area (Å²) in [6.07, 6.45) is 0. The van der Waals surface area contributed by atoms with Crippen LogP contribution in [0.2, 0.25) is 0 Å². The summed E-state index contributed by atoms with van der Waals surface area (Å²) in [6.45, 7) is 1.92. The summed E-state index contributed by atoms with van der Waals surface area (Å²) in [6, 6.07) is 14.0. The largest absolute Gasteiger partial charge is 0.493 e. The second-order valence-corrected chi connectivity index (χ2v) is 4.08. The van der Waals surface area contributed by atoms with Crippen LogP contribution in [0, 0.1) is 5.92 Å². The van der Waals surface area contributed by atoms with Crippen LogP contribution in [0.1, 0.15) is 6.92 Å². The van der Waals surface area contributed by atoms with Crippen LogP contribution in [0.4, 0.5) is 4.39 Å². The molecule has 1 atom stereocenters. The van der Waals surface area contributed by atoms with E-state index in [4.69, 9.17) is 4.74 Å². The van der Waals surface area contributed by atoms with Gasteiger partial charge in [-0.1, -0.05) is 37.3 Å². The molecule has 84 valence electrons. The fraction of sp³-hybridized carbons (Fsp3) is 0.286. The summed E-state index contributed by atoms with van der Waals surface area (Å²) in [4.78, 5) is 0. The van der Waals surface area contributed by atoms with Gasteiger partial charge < -0.3 is 4.74 Å². The summed E-state index contributed by atoms with van der Waals surface area (Å²) in [5.41, 5.74) is 0. The maximum absolute atomic E-state index is 12.3. The lowest BCUT2D eigenvalue weighted by Gasteiger charge is -2.10. The molecule has 16 heavy (non-hydrogen) atoms. The van der Waals surface area contributed by atoms with E-state index in [1.165, 1.54) is 5.39 Å². The molecule has 1 unspecified atom stereocenters. The van der Waals surface area contributed by atoms with Crippen LogP contribution in [-0.2, 0) is 0 Å². The Morgan fingerprint density at radius 1 is 1.12 bits per heavy atom. The highest BCUT2D eigenvalue weighted by molar-refractivity contribution is 5.83. The first-order chi connectivity index (χ1) is 7.79. The lowest BCUT2D eigenvalue weighted by molar-refractivity contribution is 0.229. The quantitative estimate of drug-likeness (QED) is 0.758. The normalized spacial score (nSPS) is 12.6. The lowest BCUT2D eigenvalue weighted by atomic mass is 10.1. The summed E-state index contributed by atoms with van der Waals surface area (Å²) < 4.78 is 17.8. The Kier molecular flexibility index (Phi) is 3.40. The molecule has 0 aliphatic carbocycles. The number of halogens is 1. The van der Waals surface area contributed by atoms with Crippen LogP contribution in [0.3, 0.4) is 0 Å². The van der Waals surface area contributed by atoms with Crippen LogP contribution in [0.25, 0.3) is 10.8 Å². The Morgan fingerprint density at radius 3 is 2.62 bits per heavy atom. The molecular weight excluding hydrogens is 203 g/mol. The Bertz CT molecular complexity index is 467. The van der Waals surface area contributed by atoms with Crippen LogP contribution >= 0.6 is 0 Å². The average Bonchev–Trinajstić information content (AvgIpc) is 2.35. The van der Waals surface area contributed by atoms with Crippen molar-refractivity contribution in [2.75, 3.05) is 13.3 Å². The van der Waals surface area contributed by atoms with Gasteiger partial charge in [0.25, 0.3) is 0 Å². The third-order valence-corrected chi connectivity index (χ3v) is 2.52. The predicted molar refractivity (Wildman–Crippen MR) is 64.6 cm³/mol. The highest BCUT2D eigenvalue weighted by Crippen LogP contribution is 2.20. The molecule has 0 saturated heterocycles. The zero-order valence-corrected chi connectivity index (χ0v) is 9.32. The van der Waals surface area contributed by atoms with Crippen molar-refractivity contribution in [2.24, 2.45) is 5.92 Å². The van der Waals surface area contributed by atoms with Gasteiger partial charge in [-0.15, -0.1) is 0 Å². The summed E-state index contributed by atoms with van der Waals surface area (Å²) >= 11 is 0. The summed E-state index contributed by atoms with van der Waals surface area (Å²) in [7, 11) is 0. The van der Waals surface area contributed by atoms with E-state index in [1.807, 2.05) is 43.3 Å². The number of hydrogen-bond acceptors (Lipinski definition) is 1. The van der Waals surface area contributed by atoms with Crippen molar-refractivity contribution in [3.63, 3.8) is 0 Å². The Labute approximate surface area is 94.9 Å². The van der Waals surface area contributed by atoms with Crippen molar-refractivity contribution in [1.82, 2.24) is 0 Å². The van der Waals surface area contributed by atoms with Crippen LogP contribution < -0.4 is 4.74 Å². The van der Waals surface area contributed by atoms with E-state index in [0.29, 0.717) is 6.61 Å². The van der Waals surface area contributed by atoms with E-state index < -0.39 is 0 Å². The van der Waals surface area contributed by atoms with Crippen molar-refractivity contribution >= 4 is 10.8 Å². The number of fused-ring (bicyclic) bond motifs is 1. The molecule has 0 fully saturated rings. The molecule has 2 aromatic carbocycles. The molecule has 2 heteroatoms. The van der Waals surface area contributed by atoms with Crippen molar-refractivity contribution in [3.05, 3.63) is 42.5 Å². The van der Waals surface area contributed by atoms with Crippen LogP contribution in [0.15, 0.2) is 42.5 Å². The number of alkyl halides is 1. The zero-order chi connectivity index (χ0) is 11.4. The zero-order valence-electron chi connectivity index (χ0n) is 9.32. The van der Waals surface area contributed by atoms with E-state index in [9.17, 15) is 4.39 Å². The fourth-order valence-electron chi connectivity index (χ4n) is 1.54. The van der Waals surface area contributed by atoms with Crippen LogP contribution in [0.5, 0.6) is 5.75 Å². The molecule has 0 aliphatic rings. The molecule has 0 saturated carbocycles. The van der Waals surface area contributed by atoms with Gasteiger partial charge >= 0.3 is 0 Å². The van der Waals surface area contributed by atoms with Gasteiger partial charge in [-0.05, 0) is 22.9 Å². The topological polar surface area (TPSA) is 9.23 Å². The minimum atomic E-state index is -0.340. The molecule has 0 N–H and O–H groups in total. The first-order valence-corrected chi connectivity index (χ1v) is 5.47.